The molecule has 3 aliphatic rings. The van der Waals surface area contributed by atoms with Gasteiger partial charge < -0.3 is 67.9 Å². The lowest BCUT2D eigenvalue weighted by molar-refractivity contribution is -0.146. The third-order valence-corrected chi connectivity index (χ3v) is 13.7. The number of carboxylic acids is 1. The number of H-pyrrole nitrogens is 1. The Labute approximate surface area is 428 Å². The highest BCUT2D eigenvalue weighted by Crippen LogP contribution is 2.26. The molecule has 0 spiro atoms. The van der Waals surface area contributed by atoms with Gasteiger partial charge in [-0.15, -0.1) is 0 Å². The van der Waals surface area contributed by atoms with Crippen molar-refractivity contribution in [3.05, 3.63) is 65.9 Å². The zero-order valence-electron chi connectivity index (χ0n) is 42.0. The minimum absolute atomic E-state index is 0.00320. The Morgan fingerprint density at radius 1 is 0.676 bits per heavy atom. The molecule has 3 fully saturated rings. The molecule has 1 aromatic heterocycles. The quantitative estimate of drug-likeness (QED) is 0.0570. The number of rotatable bonds is 23. The number of aliphatic carboxylic acids is 1. The van der Waals surface area contributed by atoms with Gasteiger partial charge in [0.05, 0.1) is 12.6 Å². The first-order chi connectivity index (χ1) is 35.2. The zero-order chi connectivity index (χ0) is 53.8. The number of amides is 9. The van der Waals surface area contributed by atoms with Gasteiger partial charge in [-0.3, -0.25) is 43.2 Å². The maximum absolute atomic E-state index is 14.7. The number of hydrogen-bond donors (Lipinski definition) is 10. The van der Waals surface area contributed by atoms with Crippen molar-refractivity contribution in [1.29, 1.82) is 0 Å². The van der Waals surface area contributed by atoms with Crippen molar-refractivity contribution in [2.75, 3.05) is 26.2 Å². The van der Waals surface area contributed by atoms with Crippen LogP contribution in [0.2, 0.25) is 0 Å². The lowest BCUT2D eigenvalue weighted by Gasteiger charge is -2.32. The van der Waals surface area contributed by atoms with Crippen LogP contribution in [0.1, 0.15) is 89.7 Å². The fraction of sp³-hybridized carbons (Fsp3) is 0.529. The molecule has 8 atom stereocenters. The number of hydrogen-bond acceptors (Lipinski definition) is 12. The Morgan fingerprint density at radius 3 is 1.74 bits per heavy atom. The SMILES string of the molecule is CC(C)C[C@H](NC(=O)[C@@H]1CCCN1C(=O)[C@H](Cc1c[nH]c2ccccc12)NC(=O)[C@@H]1CCCN1C(=O)[C@H](Cc1ccc(O)cc1)NC(=O)CNC(=O)[C@@H]1CCCN1C(=O)[C@H](CCC(N)=O)NC(=O)[C@H](C)N)C(=O)O. The van der Waals surface area contributed by atoms with Gasteiger partial charge >= 0.3 is 5.97 Å². The van der Waals surface area contributed by atoms with Crippen LogP contribution in [0.4, 0.5) is 0 Å². The van der Waals surface area contributed by atoms with E-state index in [1.807, 2.05) is 38.1 Å². The Kier molecular flexibility index (Phi) is 19.1. The van der Waals surface area contributed by atoms with E-state index in [0.717, 1.165) is 10.9 Å². The first-order valence-electron chi connectivity index (χ1n) is 25.2. The molecule has 2 aromatic carbocycles. The zero-order valence-corrected chi connectivity index (χ0v) is 42.0. The predicted molar refractivity (Wildman–Crippen MR) is 268 cm³/mol. The largest absolute Gasteiger partial charge is 0.508 e. The second-order valence-electron chi connectivity index (χ2n) is 19.8. The molecular formula is C51H69N11O12. The van der Waals surface area contributed by atoms with Crippen molar-refractivity contribution in [2.24, 2.45) is 17.4 Å². The van der Waals surface area contributed by atoms with E-state index in [1.165, 1.54) is 33.8 Å². The Morgan fingerprint density at radius 2 is 1.20 bits per heavy atom. The standard InChI is InChI=1S/C51H69N11O12/c1-28(2)23-38(51(73)74)59-47(69)41-13-8-22-62(41)50(72)37(25-31-26-54-34-10-5-4-9-33(31)34)58-46(68)40-12-7-21-61(40)49(71)36(24-30-14-16-32(63)17-15-30)56-43(65)27-55-45(67)39-11-6-20-60(39)48(70)35(18-19-42(53)64)57-44(66)29(3)52/h4-5,9-10,14-17,26,28-29,35-41,54,63H,6-8,11-13,18-25,27,52H2,1-3H3,(H2,53,64)(H,55,67)(H,56,65)(H,57,66)(H,58,68)(H,59,69)(H,73,74)/t29-,35-,36-,37-,38-,39-,40-,41-/m0/s1. The number of phenolic OH excluding ortho intramolecular Hbond substituents is 1. The minimum Gasteiger partial charge on any atom is -0.508 e. The molecule has 23 heteroatoms. The van der Waals surface area contributed by atoms with E-state index in [2.05, 4.69) is 31.6 Å². The van der Waals surface area contributed by atoms with Crippen LogP contribution in [0.25, 0.3) is 10.9 Å². The number of aromatic amines is 1. The van der Waals surface area contributed by atoms with Crippen LogP contribution in [0.5, 0.6) is 5.75 Å². The van der Waals surface area contributed by atoms with Crippen LogP contribution in [-0.4, -0.2) is 164 Å². The Hall–Kier alpha value is -7.56. The van der Waals surface area contributed by atoms with E-state index in [9.17, 15) is 58.2 Å². The van der Waals surface area contributed by atoms with Gasteiger partial charge in [0.2, 0.25) is 53.2 Å². The van der Waals surface area contributed by atoms with Crippen molar-refractivity contribution in [3.63, 3.8) is 0 Å². The Bertz CT molecular complexity index is 2570. The van der Waals surface area contributed by atoms with E-state index >= 15 is 0 Å². The molecule has 0 aliphatic carbocycles. The number of carbonyl (C=O) groups excluding carboxylic acids is 9. The number of aromatic nitrogens is 1. The van der Waals surface area contributed by atoms with Crippen LogP contribution in [-0.2, 0) is 60.8 Å². The van der Waals surface area contributed by atoms with Crippen LogP contribution in [0, 0.1) is 5.92 Å². The molecule has 0 unspecified atom stereocenters. The van der Waals surface area contributed by atoms with Crippen molar-refractivity contribution in [3.8, 4) is 5.75 Å². The normalized spacial score (nSPS) is 19.5. The summed E-state index contributed by atoms with van der Waals surface area (Å²) >= 11 is 0. The topological polar surface area (TPSA) is 349 Å². The summed E-state index contributed by atoms with van der Waals surface area (Å²) in [4.78, 5) is 142. The van der Waals surface area contributed by atoms with Crippen molar-refractivity contribution in [1.82, 2.24) is 46.3 Å². The average molecular weight is 1030 g/mol. The minimum atomic E-state index is -1.29. The van der Waals surface area contributed by atoms with Gasteiger partial charge in [-0.2, -0.15) is 0 Å². The summed E-state index contributed by atoms with van der Waals surface area (Å²) in [5, 5.41) is 33.9. The van der Waals surface area contributed by atoms with Gasteiger partial charge in [0.15, 0.2) is 0 Å². The number of phenols is 1. The first kappa shape index (κ1) is 55.7. The molecule has 0 bridgehead atoms. The summed E-state index contributed by atoms with van der Waals surface area (Å²) in [6, 6.07) is 4.39. The molecule has 12 N–H and O–H groups in total. The highest BCUT2D eigenvalue weighted by Gasteiger charge is 2.43. The maximum Gasteiger partial charge on any atom is 0.326 e. The average Bonchev–Trinajstić information content (AvgIpc) is 4.21. The highest BCUT2D eigenvalue weighted by atomic mass is 16.4. The van der Waals surface area contributed by atoms with Gasteiger partial charge in [0, 0.05) is 56.0 Å². The third kappa shape index (κ3) is 14.3. The first-order valence-corrected chi connectivity index (χ1v) is 25.2. The molecule has 3 saturated heterocycles. The molecule has 23 nitrogen and oxygen atoms in total. The number of nitrogens with one attached hydrogen (secondary N) is 6. The molecular weight excluding hydrogens is 959 g/mol. The lowest BCUT2D eigenvalue weighted by Crippen LogP contribution is -2.59. The molecule has 400 valence electrons. The fourth-order valence-electron chi connectivity index (χ4n) is 9.90. The van der Waals surface area contributed by atoms with E-state index in [1.54, 1.807) is 18.3 Å². The highest BCUT2D eigenvalue weighted by molar-refractivity contribution is 5.98. The van der Waals surface area contributed by atoms with Gasteiger partial charge in [0.25, 0.3) is 0 Å². The van der Waals surface area contributed by atoms with Crippen LogP contribution >= 0.6 is 0 Å². The summed E-state index contributed by atoms with van der Waals surface area (Å²) in [6.07, 6.45) is 3.46. The summed E-state index contributed by atoms with van der Waals surface area (Å²) in [5.74, 6) is -7.16. The maximum atomic E-state index is 14.7. The smallest absolute Gasteiger partial charge is 0.326 e. The monoisotopic (exact) mass is 1030 g/mol. The predicted octanol–water partition coefficient (Wildman–Crippen LogP) is -0.569. The second kappa shape index (κ2) is 25.4. The lowest BCUT2D eigenvalue weighted by atomic mass is 10.0. The number of primary amides is 1. The number of aromatic hydroxyl groups is 1. The number of carboxylic acid groups (broad SMARTS) is 1. The van der Waals surface area contributed by atoms with E-state index in [0.29, 0.717) is 30.4 Å². The third-order valence-electron chi connectivity index (χ3n) is 13.7. The number of para-hydroxylation sites is 1. The van der Waals surface area contributed by atoms with Gasteiger partial charge in [0.1, 0.15) is 48.0 Å². The van der Waals surface area contributed by atoms with Crippen LogP contribution < -0.4 is 38.1 Å². The summed E-state index contributed by atoms with van der Waals surface area (Å²) in [5.41, 5.74) is 13.0. The van der Waals surface area contributed by atoms with E-state index in [4.69, 9.17) is 11.5 Å². The summed E-state index contributed by atoms with van der Waals surface area (Å²) in [7, 11) is 0. The van der Waals surface area contributed by atoms with Crippen molar-refractivity contribution >= 4 is 70.0 Å². The molecule has 6 rings (SSSR count). The van der Waals surface area contributed by atoms with Gasteiger partial charge in [-0.25, -0.2) is 4.79 Å². The second-order valence-corrected chi connectivity index (χ2v) is 19.8. The molecule has 4 heterocycles. The summed E-state index contributed by atoms with van der Waals surface area (Å²) < 4.78 is 0. The number of carbonyl (C=O) groups is 10. The van der Waals surface area contributed by atoms with Crippen LogP contribution in [0.3, 0.4) is 0 Å². The number of likely N-dealkylation sites (tertiary alicyclic amines) is 3. The van der Waals surface area contributed by atoms with E-state index in [-0.39, 0.29) is 82.7 Å². The summed E-state index contributed by atoms with van der Waals surface area (Å²) in [6.45, 7) is 4.92. The molecule has 3 aliphatic heterocycles. The number of nitrogens with zero attached hydrogens (tertiary/aromatic N) is 3. The fourth-order valence-corrected chi connectivity index (χ4v) is 9.90. The number of fused-ring (bicyclic) bond motifs is 1. The molecule has 0 radical (unpaired) electrons. The van der Waals surface area contributed by atoms with E-state index < -0.39 is 114 Å². The van der Waals surface area contributed by atoms with Crippen molar-refractivity contribution in [2.45, 2.75) is 140 Å². The Balaban J connectivity index is 1.18. The molecule has 9 amide bonds. The molecule has 0 saturated carbocycles. The molecule has 3 aromatic rings. The van der Waals surface area contributed by atoms with Crippen molar-refractivity contribution < 1.29 is 58.2 Å². The number of benzene rings is 2. The van der Waals surface area contributed by atoms with Gasteiger partial charge in [-0.1, -0.05) is 44.2 Å². The number of nitrogens with two attached hydrogens (primary N) is 2. The molecule has 74 heavy (non-hydrogen) atoms. The van der Waals surface area contributed by atoms with Crippen LogP contribution in [0.15, 0.2) is 54.7 Å². The van der Waals surface area contributed by atoms with Gasteiger partial charge in [-0.05, 0) is 93.5 Å².